The highest BCUT2D eigenvalue weighted by Crippen LogP contribution is 2.13. The Morgan fingerprint density at radius 2 is 1.41 bits per heavy atom. The number of hydrogen-bond acceptors (Lipinski definition) is 3. The third-order valence-corrected chi connectivity index (χ3v) is 5.26. The molecule has 2 aromatic rings. The number of hydrogen-bond donors (Lipinski definition) is 1. The summed E-state index contributed by atoms with van der Waals surface area (Å²) in [6.07, 6.45) is 1.96. The van der Waals surface area contributed by atoms with Crippen LogP contribution in [-0.4, -0.2) is 58.9 Å². The molecule has 29 heavy (non-hydrogen) atoms. The number of carboxylic acid groups (broad SMARTS) is 1. The monoisotopic (exact) mass is 394 g/mol. The van der Waals surface area contributed by atoms with Crippen molar-refractivity contribution in [3.05, 3.63) is 71.3 Å². The lowest BCUT2D eigenvalue weighted by Gasteiger charge is -2.22. The van der Waals surface area contributed by atoms with E-state index in [-0.39, 0.29) is 23.8 Å². The average molecular weight is 394 g/mol. The van der Waals surface area contributed by atoms with Crippen molar-refractivity contribution in [1.29, 1.82) is 0 Å². The van der Waals surface area contributed by atoms with Crippen LogP contribution in [0, 0.1) is 0 Å². The minimum atomic E-state index is -1.03. The lowest BCUT2D eigenvalue weighted by Crippen LogP contribution is -2.38. The van der Waals surface area contributed by atoms with Gasteiger partial charge >= 0.3 is 5.97 Å². The van der Waals surface area contributed by atoms with Crippen LogP contribution in [0.1, 0.15) is 34.3 Å². The van der Waals surface area contributed by atoms with Crippen LogP contribution in [0.3, 0.4) is 0 Å². The minimum absolute atomic E-state index is 0.0599. The van der Waals surface area contributed by atoms with Crippen LogP contribution in [-0.2, 0) is 22.4 Å². The van der Waals surface area contributed by atoms with Crippen molar-refractivity contribution in [2.75, 3.05) is 26.2 Å². The Morgan fingerprint density at radius 3 is 2.10 bits per heavy atom. The van der Waals surface area contributed by atoms with E-state index in [1.54, 1.807) is 23.1 Å². The van der Waals surface area contributed by atoms with Crippen molar-refractivity contribution in [1.82, 2.24) is 9.80 Å². The first-order valence-electron chi connectivity index (χ1n) is 9.95. The Labute approximate surface area is 170 Å². The maximum Gasteiger partial charge on any atom is 0.335 e. The van der Waals surface area contributed by atoms with Crippen molar-refractivity contribution in [2.45, 2.75) is 25.7 Å². The second-order valence-corrected chi connectivity index (χ2v) is 7.24. The number of nitrogens with zero attached hydrogens (tertiary/aromatic N) is 2. The number of carbonyl (C=O) groups is 3. The molecule has 3 rings (SSSR count). The third-order valence-electron chi connectivity index (χ3n) is 5.26. The maximum absolute atomic E-state index is 12.7. The standard InChI is InChI=1S/C23H26N2O4/c26-21(12-11-18-7-2-1-3-8-18)24-13-6-14-25(16-15-24)22(27)17-19-9-4-5-10-20(19)23(28)29/h1-5,7-10H,6,11-17H2,(H,28,29). The third kappa shape index (κ3) is 5.67. The Hall–Kier alpha value is -3.15. The summed E-state index contributed by atoms with van der Waals surface area (Å²) in [4.78, 5) is 40.2. The van der Waals surface area contributed by atoms with Gasteiger partial charge in [0, 0.05) is 32.6 Å². The molecule has 0 atom stereocenters. The zero-order valence-electron chi connectivity index (χ0n) is 16.4. The number of rotatable bonds is 6. The molecule has 1 aliphatic heterocycles. The summed E-state index contributed by atoms with van der Waals surface area (Å²) in [5.74, 6) is -1.02. The van der Waals surface area contributed by atoms with Crippen LogP contribution in [0.25, 0.3) is 0 Å². The molecular weight excluding hydrogens is 368 g/mol. The van der Waals surface area contributed by atoms with Gasteiger partial charge in [-0.15, -0.1) is 0 Å². The summed E-state index contributed by atoms with van der Waals surface area (Å²) in [5.41, 5.74) is 1.82. The first kappa shape index (κ1) is 20.6. The summed E-state index contributed by atoms with van der Waals surface area (Å²) in [6, 6.07) is 16.5. The van der Waals surface area contributed by atoms with E-state index in [0.29, 0.717) is 44.6 Å². The van der Waals surface area contributed by atoms with Gasteiger partial charge in [-0.1, -0.05) is 48.5 Å². The molecule has 152 valence electrons. The van der Waals surface area contributed by atoms with Crippen molar-refractivity contribution in [3.63, 3.8) is 0 Å². The van der Waals surface area contributed by atoms with E-state index in [4.69, 9.17) is 0 Å². The fourth-order valence-electron chi connectivity index (χ4n) is 3.63. The number of carboxylic acids is 1. The lowest BCUT2D eigenvalue weighted by molar-refractivity contribution is -0.133. The number of amides is 2. The van der Waals surface area contributed by atoms with Gasteiger partial charge in [0.05, 0.1) is 12.0 Å². The summed E-state index contributed by atoms with van der Waals surface area (Å²) in [6.45, 7) is 2.21. The highest BCUT2D eigenvalue weighted by Gasteiger charge is 2.23. The van der Waals surface area contributed by atoms with Gasteiger partial charge in [0.2, 0.25) is 11.8 Å². The summed E-state index contributed by atoms with van der Waals surface area (Å²) in [7, 11) is 0. The molecule has 1 aliphatic rings. The Bertz CT molecular complexity index is 866. The van der Waals surface area contributed by atoms with Gasteiger partial charge in [0.1, 0.15) is 0 Å². The molecule has 1 saturated heterocycles. The SMILES string of the molecule is O=C(O)c1ccccc1CC(=O)N1CCCN(C(=O)CCc2ccccc2)CC1. The van der Waals surface area contributed by atoms with Gasteiger partial charge in [-0.3, -0.25) is 9.59 Å². The first-order valence-corrected chi connectivity index (χ1v) is 9.95. The number of aromatic carboxylic acids is 1. The van der Waals surface area contributed by atoms with E-state index >= 15 is 0 Å². The quantitative estimate of drug-likeness (QED) is 0.817. The Morgan fingerprint density at radius 1 is 0.793 bits per heavy atom. The molecule has 6 heteroatoms. The van der Waals surface area contributed by atoms with Gasteiger partial charge in [-0.05, 0) is 30.0 Å². The summed E-state index contributed by atoms with van der Waals surface area (Å²) in [5, 5.41) is 9.29. The lowest BCUT2D eigenvalue weighted by atomic mass is 10.0. The second kappa shape index (κ2) is 9.87. The Balaban J connectivity index is 1.53. The van der Waals surface area contributed by atoms with Crippen LogP contribution in [0.4, 0.5) is 0 Å². The van der Waals surface area contributed by atoms with Crippen LogP contribution in [0.2, 0.25) is 0 Å². The number of carbonyl (C=O) groups excluding carboxylic acids is 2. The molecule has 0 unspecified atom stereocenters. The van der Waals surface area contributed by atoms with E-state index < -0.39 is 5.97 Å². The van der Waals surface area contributed by atoms with Gasteiger partial charge < -0.3 is 14.9 Å². The van der Waals surface area contributed by atoms with Gasteiger partial charge in [-0.25, -0.2) is 4.79 Å². The second-order valence-electron chi connectivity index (χ2n) is 7.24. The summed E-state index contributed by atoms with van der Waals surface area (Å²) >= 11 is 0. The fraction of sp³-hybridized carbons (Fsp3) is 0.348. The molecule has 2 aromatic carbocycles. The number of aryl methyl sites for hydroxylation is 1. The zero-order chi connectivity index (χ0) is 20.6. The Kier molecular flexibility index (Phi) is 7.00. The van der Waals surface area contributed by atoms with Gasteiger partial charge in [-0.2, -0.15) is 0 Å². The molecule has 0 bridgehead atoms. The predicted octanol–water partition coefficient (Wildman–Crippen LogP) is 2.62. The average Bonchev–Trinajstić information content (AvgIpc) is 2.99. The molecule has 1 fully saturated rings. The van der Waals surface area contributed by atoms with Gasteiger partial charge in [0.25, 0.3) is 0 Å². The van der Waals surface area contributed by atoms with Crippen molar-refractivity contribution < 1.29 is 19.5 Å². The largest absolute Gasteiger partial charge is 0.478 e. The minimum Gasteiger partial charge on any atom is -0.478 e. The molecule has 0 radical (unpaired) electrons. The van der Waals surface area contributed by atoms with E-state index in [0.717, 1.165) is 12.0 Å². The molecule has 0 aromatic heterocycles. The molecule has 2 amide bonds. The van der Waals surface area contributed by atoms with Crippen LogP contribution in [0.5, 0.6) is 0 Å². The molecule has 0 aliphatic carbocycles. The van der Waals surface area contributed by atoms with Crippen molar-refractivity contribution >= 4 is 17.8 Å². The summed E-state index contributed by atoms with van der Waals surface area (Å²) < 4.78 is 0. The van der Waals surface area contributed by atoms with Crippen molar-refractivity contribution in [3.8, 4) is 0 Å². The molecule has 0 spiro atoms. The van der Waals surface area contributed by atoms with Crippen molar-refractivity contribution in [2.24, 2.45) is 0 Å². The molecule has 1 heterocycles. The fourth-order valence-corrected chi connectivity index (χ4v) is 3.63. The molecule has 1 N–H and O–H groups in total. The molecule has 0 saturated carbocycles. The van der Waals surface area contributed by atoms with E-state index in [2.05, 4.69) is 0 Å². The molecule has 6 nitrogen and oxygen atoms in total. The van der Waals surface area contributed by atoms with E-state index in [1.165, 1.54) is 6.07 Å². The van der Waals surface area contributed by atoms with Crippen LogP contribution >= 0.6 is 0 Å². The zero-order valence-corrected chi connectivity index (χ0v) is 16.4. The molecular formula is C23H26N2O4. The number of benzene rings is 2. The normalized spacial score (nSPS) is 14.3. The highest BCUT2D eigenvalue weighted by molar-refractivity contribution is 5.91. The van der Waals surface area contributed by atoms with Gasteiger partial charge in [0.15, 0.2) is 0 Å². The van der Waals surface area contributed by atoms with E-state index in [1.807, 2.05) is 35.2 Å². The maximum atomic E-state index is 12.7. The smallest absolute Gasteiger partial charge is 0.335 e. The van der Waals surface area contributed by atoms with Crippen LogP contribution < -0.4 is 0 Å². The first-order chi connectivity index (χ1) is 14.0. The van der Waals surface area contributed by atoms with E-state index in [9.17, 15) is 19.5 Å². The topological polar surface area (TPSA) is 77.9 Å². The highest BCUT2D eigenvalue weighted by atomic mass is 16.4. The van der Waals surface area contributed by atoms with Crippen LogP contribution in [0.15, 0.2) is 54.6 Å². The predicted molar refractivity (Wildman–Crippen MR) is 110 cm³/mol.